The molecule has 19 heavy (non-hydrogen) atoms. The number of rotatable bonds is 4. The molecule has 1 atom stereocenters. The maximum Gasteiger partial charge on any atom is 0.243 e. The Hall–Kier alpha value is -1.24. The number of halogens is 1. The van der Waals surface area contributed by atoms with Crippen LogP contribution < -0.4 is 0 Å². The van der Waals surface area contributed by atoms with Crippen molar-refractivity contribution >= 4 is 21.4 Å². The molecule has 0 fully saturated rings. The van der Waals surface area contributed by atoms with Crippen molar-refractivity contribution < 1.29 is 12.8 Å². The fourth-order valence-electron chi connectivity index (χ4n) is 1.69. The van der Waals surface area contributed by atoms with Crippen molar-refractivity contribution in [1.29, 1.82) is 0 Å². The lowest BCUT2D eigenvalue weighted by molar-refractivity contribution is 0.403. The fourth-order valence-corrected chi connectivity index (χ4v) is 3.92. The van der Waals surface area contributed by atoms with Crippen molar-refractivity contribution in [3.05, 3.63) is 52.5 Å². The van der Waals surface area contributed by atoms with E-state index < -0.39 is 15.8 Å². The SMILES string of the molecule is CC(c1cccs1)N(C)S(=O)(=O)c1ccc(F)cc1. The summed E-state index contributed by atoms with van der Waals surface area (Å²) in [6.07, 6.45) is 0. The second-order valence-corrected chi connectivity index (χ2v) is 7.14. The van der Waals surface area contributed by atoms with E-state index in [0.29, 0.717) is 0 Å². The monoisotopic (exact) mass is 299 g/mol. The molecule has 0 radical (unpaired) electrons. The van der Waals surface area contributed by atoms with Crippen molar-refractivity contribution in [3.63, 3.8) is 0 Å². The molecule has 3 nitrogen and oxygen atoms in total. The molecule has 0 N–H and O–H groups in total. The Morgan fingerprint density at radius 2 is 1.84 bits per heavy atom. The van der Waals surface area contributed by atoms with E-state index in [4.69, 9.17) is 0 Å². The van der Waals surface area contributed by atoms with Crippen LogP contribution in [0.5, 0.6) is 0 Å². The zero-order valence-corrected chi connectivity index (χ0v) is 12.2. The highest BCUT2D eigenvalue weighted by Gasteiger charge is 2.26. The minimum atomic E-state index is -3.61. The van der Waals surface area contributed by atoms with Crippen LogP contribution in [-0.2, 0) is 10.0 Å². The lowest BCUT2D eigenvalue weighted by Crippen LogP contribution is -2.29. The lowest BCUT2D eigenvalue weighted by atomic mass is 10.3. The Morgan fingerprint density at radius 3 is 2.37 bits per heavy atom. The molecule has 0 aliphatic carbocycles. The maximum atomic E-state index is 12.9. The van der Waals surface area contributed by atoms with Gasteiger partial charge in [-0.05, 0) is 42.6 Å². The van der Waals surface area contributed by atoms with Crippen LogP contribution in [0.2, 0.25) is 0 Å². The summed E-state index contributed by atoms with van der Waals surface area (Å²) in [4.78, 5) is 1.06. The molecule has 0 aliphatic rings. The highest BCUT2D eigenvalue weighted by atomic mass is 32.2. The summed E-state index contributed by atoms with van der Waals surface area (Å²) < 4.78 is 38.9. The van der Waals surface area contributed by atoms with E-state index in [1.165, 1.54) is 34.8 Å². The quantitative estimate of drug-likeness (QED) is 0.869. The van der Waals surface area contributed by atoms with Crippen molar-refractivity contribution in [2.24, 2.45) is 0 Å². The van der Waals surface area contributed by atoms with E-state index in [0.717, 1.165) is 17.0 Å². The summed E-state index contributed by atoms with van der Waals surface area (Å²) in [5, 5.41) is 1.91. The van der Waals surface area contributed by atoms with Crippen LogP contribution in [0.1, 0.15) is 17.8 Å². The van der Waals surface area contributed by atoms with E-state index in [2.05, 4.69) is 0 Å². The van der Waals surface area contributed by atoms with E-state index in [1.54, 1.807) is 0 Å². The van der Waals surface area contributed by atoms with Crippen LogP contribution in [0.3, 0.4) is 0 Å². The normalized spacial score (nSPS) is 13.7. The van der Waals surface area contributed by atoms with Gasteiger partial charge in [-0.3, -0.25) is 0 Å². The van der Waals surface area contributed by atoms with Gasteiger partial charge in [-0.2, -0.15) is 4.31 Å². The molecule has 2 rings (SSSR count). The molecule has 1 aromatic heterocycles. The van der Waals surface area contributed by atoms with E-state index >= 15 is 0 Å². The predicted octanol–water partition coefficient (Wildman–Crippen LogP) is 3.27. The maximum absolute atomic E-state index is 12.9. The second-order valence-electron chi connectivity index (χ2n) is 4.17. The third-order valence-corrected chi connectivity index (χ3v) is 5.98. The third-order valence-electron chi connectivity index (χ3n) is 2.99. The zero-order valence-electron chi connectivity index (χ0n) is 10.6. The molecule has 0 saturated heterocycles. The Labute approximate surface area is 116 Å². The van der Waals surface area contributed by atoms with E-state index in [1.807, 2.05) is 24.4 Å². The van der Waals surface area contributed by atoms with Gasteiger partial charge in [-0.15, -0.1) is 11.3 Å². The molecule has 1 aromatic carbocycles. The van der Waals surface area contributed by atoms with Gasteiger partial charge in [0.15, 0.2) is 0 Å². The average Bonchev–Trinajstić information content (AvgIpc) is 2.91. The van der Waals surface area contributed by atoms with Crippen LogP contribution in [0, 0.1) is 5.82 Å². The molecule has 2 aromatic rings. The van der Waals surface area contributed by atoms with Gasteiger partial charge in [0, 0.05) is 11.9 Å². The van der Waals surface area contributed by atoms with Crippen molar-refractivity contribution in [2.45, 2.75) is 17.9 Å². The highest BCUT2D eigenvalue weighted by molar-refractivity contribution is 7.89. The summed E-state index contributed by atoms with van der Waals surface area (Å²) in [6, 6.07) is 8.38. The molecule has 0 aliphatic heterocycles. The molecule has 0 amide bonds. The molecule has 6 heteroatoms. The fraction of sp³-hybridized carbons (Fsp3) is 0.231. The first-order valence-corrected chi connectivity index (χ1v) is 8.02. The van der Waals surface area contributed by atoms with E-state index in [9.17, 15) is 12.8 Å². The predicted molar refractivity (Wildman–Crippen MR) is 74.1 cm³/mol. The number of benzene rings is 1. The Kier molecular flexibility index (Phi) is 4.03. The van der Waals surface area contributed by atoms with Crippen molar-refractivity contribution in [1.82, 2.24) is 4.31 Å². The van der Waals surface area contributed by atoms with Crippen LogP contribution in [0.15, 0.2) is 46.7 Å². The molecular formula is C13H14FNO2S2. The number of thiophene rings is 1. The minimum Gasteiger partial charge on any atom is -0.207 e. The number of sulfonamides is 1. The van der Waals surface area contributed by atoms with Crippen LogP contribution >= 0.6 is 11.3 Å². The lowest BCUT2D eigenvalue weighted by Gasteiger charge is -2.23. The summed E-state index contributed by atoms with van der Waals surface area (Å²) >= 11 is 1.51. The van der Waals surface area contributed by atoms with Gasteiger partial charge in [0.1, 0.15) is 5.82 Å². The minimum absolute atomic E-state index is 0.0970. The largest absolute Gasteiger partial charge is 0.243 e. The molecule has 102 valence electrons. The highest BCUT2D eigenvalue weighted by Crippen LogP contribution is 2.28. The van der Waals surface area contributed by atoms with Crippen LogP contribution in [-0.4, -0.2) is 19.8 Å². The summed E-state index contributed by atoms with van der Waals surface area (Å²) in [5.74, 6) is -0.451. The average molecular weight is 299 g/mol. The van der Waals surface area contributed by atoms with Crippen molar-refractivity contribution in [3.8, 4) is 0 Å². The van der Waals surface area contributed by atoms with Gasteiger partial charge >= 0.3 is 0 Å². The molecule has 0 bridgehead atoms. The van der Waals surface area contributed by atoms with Gasteiger partial charge < -0.3 is 0 Å². The van der Waals surface area contributed by atoms with Crippen LogP contribution in [0.4, 0.5) is 4.39 Å². The summed E-state index contributed by atoms with van der Waals surface area (Å²) in [7, 11) is -2.08. The van der Waals surface area contributed by atoms with Gasteiger partial charge in [0.2, 0.25) is 10.0 Å². The van der Waals surface area contributed by atoms with Gasteiger partial charge in [0.25, 0.3) is 0 Å². The van der Waals surface area contributed by atoms with Gasteiger partial charge in [-0.1, -0.05) is 6.07 Å². The first-order valence-electron chi connectivity index (χ1n) is 5.70. The topological polar surface area (TPSA) is 37.4 Å². The van der Waals surface area contributed by atoms with Gasteiger partial charge in [0.05, 0.1) is 10.9 Å². The molecule has 1 heterocycles. The molecule has 0 saturated carbocycles. The van der Waals surface area contributed by atoms with E-state index in [-0.39, 0.29) is 10.9 Å². The summed E-state index contributed by atoms with van der Waals surface area (Å²) in [5.41, 5.74) is 0. The summed E-state index contributed by atoms with van der Waals surface area (Å²) in [6.45, 7) is 1.83. The van der Waals surface area contributed by atoms with Crippen molar-refractivity contribution in [2.75, 3.05) is 7.05 Å². The van der Waals surface area contributed by atoms with Crippen LogP contribution in [0.25, 0.3) is 0 Å². The molecule has 0 spiro atoms. The zero-order chi connectivity index (χ0) is 14.0. The standard InChI is InChI=1S/C13H14FNO2S2/c1-10(13-4-3-9-18-13)15(2)19(16,17)12-7-5-11(14)6-8-12/h3-10H,1-2H3. The smallest absolute Gasteiger partial charge is 0.207 e. The first-order chi connectivity index (χ1) is 8.93. The number of nitrogens with zero attached hydrogens (tertiary/aromatic N) is 1. The number of hydrogen-bond donors (Lipinski definition) is 0. The molecular weight excluding hydrogens is 285 g/mol. The Bertz CT molecular complexity index is 636. The molecule has 1 unspecified atom stereocenters. The first kappa shape index (κ1) is 14.2. The Morgan fingerprint density at radius 1 is 1.21 bits per heavy atom. The third kappa shape index (κ3) is 2.86. The second kappa shape index (κ2) is 5.40. The number of hydrogen-bond acceptors (Lipinski definition) is 3. The van der Waals surface area contributed by atoms with Gasteiger partial charge in [-0.25, -0.2) is 12.8 Å². The Balaban J connectivity index is 2.31.